The number of aryl methyl sites for hydroxylation is 1. The number of carbonyl (C=O) groups excluding carboxylic acids is 1. The molecule has 104 valence electrons. The summed E-state index contributed by atoms with van der Waals surface area (Å²) >= 11 is 0. The molecular formula is C12H11N3O5. The standard InChI is InChI=1S/C12H11N3O5/c1-3-19-12(16)11-13-10(14-20-11)8-5-4-7(2)9(6-8)15(17)18/h4-6H,3H2,1-2H3. The van der Waals surface area contributed by atoms with Gasteiger partial charge in [-0.25, -0.2) is 4.79 Å². The van der Waals surface area contributed by atoms with Crippen LogP contribution in [0, 0.1) is 17.0 Å². The Hall–Kier alpha value is -2.77. The van der Waals surface area contributed by atoms with Crippen LogP contribution < -0.4 is 0 Å². The van der Waals surface area contributed by atoms with Crippen LogP contribution in [0.4, 0.5) is 5.69 Å². The van der Waals surface area contributed by atoms with E-state index in [-0.39, 0.29) is 24.0 Å². The average molecular weight is 277 g/mol. The Labute approximate surface area is 113 Å². The fourth-order valence-electron chi connectivity index (χ4n) is 1.56. The number of ether oxygens (including phenoxy) is 1. The number of hydrogen-bond acceptors (Lipinski definition) is 7. The predicted molar refractivity (Wildman–Crippen MR) is 67.1 cm³/mol. The molecule has 0 aliphatic heterocycles. The van der Waals surface area contributed by atoms with Crippen LogP contribution >= 0.6 is 0 Å². The van der Waals surface area contributed by atoms with Gasteiger partial charge in [0, 0.05) is 17.2 Å². The first-order valence-electron chi connectivity index (χ1n) is 5.79. The minimum atomic E-state index is -0.729. The van der Waals surface area contributed by atoms with Gasteiger partial charge in [-0.3, -0.25) is 10.1 Å². The van der Waals surface area contributed by atoms with Crippen molar-refractivity contribution in [3.63, 3.8) is 0 Å². The van der Waals surface area contributed by atoms with E-state index in [0.717, 1.165) is 0 Å². The zero-order valence-corrected chi connectivity index (χ0v) is 10.8. The minimum Gasteiger partial charge on any atom is -0.459 e. The molecule has 0 radical (unpaired) electrons. The van der Waals surface area contributed by atoms with Crippen molar-refractivity contribution >= 4 is 11.7 Å². The van der Waals surface area contributed by atoms with Crippen molar-refractivity contribution in [1.82, 2.24) is 10.1 Å². The van der Waals surface area contributed by atoms with Gasteiger partial charge in [0.15, 0.2) is 0 Å². The second-order valence-corrected chi connectivity index (χ2v) is 3.90. The largest absolute Gasteiger partial charge is 0.459 e. The molecule has 0 spiro atoms. The van der Waals surface area contributed by atoms with Gasteiger partial charge in [-0.2, -0.15) is 4.98 Å². The third-order valence-corrected chi connectivity index (χ3v) is 2.54. The Morgan fingerprint density at radius 2 is 2.25 bits per heavy atom. The maximum Gasteiger partial charge on any atom is 0.397 e. The van der Waals surface area contributed by atoms with E-state index in [1.165, 1.54) is 6.07 Å². The third kappa shape index (κ3) is 2.63. The van der Waals surface area contributed by atoms with Gasteiger partial charge in [0.2, 0.25) is 5.82 Å². The minimum absolute atomic E-state index is 0.0509. The maximum absolute atomic E-state index is 11.4. The number of rotatable bonds is 4. The molecule has 0 aliphatic carbocycles. The number of nitro groups is 1. The summed E-state index contributed by atoms with van der Waals surface area (Å²) < 4.78 is 9.47. The molecule has 8 heteroatoms. The molecule has 0 unspecified atom stereocenters. The second kappa shape index (κ2) is 5.47. The molecule has 1 aromatic carbocycles. The smallest absolute Gasteiger partial charge is 0.397 e. The van der Waals surface area contributed by atoms with E-state index >= 15 is 0 Å². The van der Waals surface area contributed by atoms with Gasteiger partial charge in [-0.05, 0) is 13.8 Å². The quantitative estimate of drug-likeness (QED) is 0.478. The SMILES string of the molecule is CCOC(=O)c1nc(-c2ccc(C)c([N+](=O)[O-])c2)no1. The van der Waals surface area contributed by atoms with E-state index < -0.39 is 10.9 Å². The molecule has 0 bridgehead atoms. The van der Waals surface area contributed by atoms with Crippen molar-refractivity contribution in [2.75, 3.05) is 6.61 Å². The molecule has 0 saturated carbocycles. The Kier molecular flexibility index (Phi) is 3.74. The highest BCUT2D eigenvalue weighted by Gasteiger charge is 2.19. The normalized spacial score (nSPS) is 10.3. The number of nitrogens with zero attached hydrogens (tertiary/aromatic N) is 3. The van der Waals surface area contributed by atoms with Crippen molar-refractivity contribution in [2.24, 2.45) is 0 Å². The van der Waals surface area contributed by atoms with E-state index in [2.05, 4.69) is 10.1 Å². The van der Waals surface area contributed by atoms with Gasteiger partial charge in [0.05, 0.1) is 11.5 Å². The molecule has 0 N–H and O–H groups in total. The summed E-state index contributed by atoms with van der Waals surface area (Å²) in [7, 11) is 0. The second-order valence-electron chi connectivity index (χ2n) is 3.90. The van der Waals surface area contributed by atoms with E-state index in [0.29, 0.717) is 11.1 Å². The zero-order chi connectivity index (χ0) is 14.7. The summed E-state index contributed by atoms with van der Waals surface area (Å²) in [4.78, 5) is 25.6. The highest BCUT2D eigenvalue weighted by molar-refractivity contribution is 5.84. The van der Waals surface area contributed by atoms with E-state index in [1.54, 1.807) is 26.0 Å². The zero-order valence-electron chi connectivity index (χ0n) is 10.8. The topological polar surface area (TPSA) is 108 Å². The number of hydrogen-bond donors (Lipinski definition) is 0. The van der Waals surface area contributed by atoms with Crippen LogP contribution in [0.5, 0.6) is 0 Å². The molecule has 0 fully saturated rings. The molecule has 1 aromatic heterocycles. The summed E-state index contributed by atoms with van der Waals surface area (Å²) in [6.07, 6.45) is 0. The summed E-state index contributed by atoms with van der Waals surface area (Å²) in [5, 5.41) is 14.5. The Morgan fingerprint density at radius 3 is 2.90 bits per heavy atom. The fourth-order valence-corrected chi connectivity index (χ4v) is 1.56. The van der Waals surface area contributed by atoms with Crippen LogP contribution in [-0.4, -0.2) is 27.6 Å². The molecule has 1 heterocycles. The lowest BCUT2D eigenvalue weighted by atomic mass is 10.1. The van der Waals surface area contributed by atoms with Gasteiger partial charge in [-0.15, -0.1) is 0 Å². The van der Waals surface area contributed by atoms with Crippen LogP contribution in [0.2, 0.25) is 0 Å². The first kappa shape index (κ1) is 13.7. The number of aromatic nitrogens is 2. The third-order valence-electron chi connectivity index (χ3n) is 2.54. The van der Waals surface area contributed by atoms with Gasteiger partial charge in [0.25, 0.3) is 5.69 Å². The van der Waals surface area contributed by atoms with Gasteiger partial charge in [0.1, 0.15) is 0 Å². The van der Waals surface area contributed by atoms with E-state index in [9.17, 15) is 14.9 Å². The summed E-state index contributed by atoms with van der Waals surface area (Å²) in [5.41, 5.74) is 0.861. The molecule has 0 saturated heterocycles. The Morgan fingerprint density at radius 1 is 1.50 bits per heavy atom. The van der Waals surface area contributed by atoms with Crippen LogP contribution in [0.15, 0.2) is 22.7 Å². The van der Waals surface area contributed by atoms with Gasteiger partial charge >= 0.3 is 11.9 Å². The van der Waals surface area contributed by atoms with Crippen LogP contribution in [0.25, 0.3) is 11.4 Å². The monoisotopic (exact) mass is 277 g/mol. The van der Waals surface area contributed by atoms with Crippen LogP contribution in [0.3, 0.4) is 0 Å². The molecule has 0 atom stereocenters. The first-order valence-corrected chi connectivity index (χ1v) is 5.79. The summed E-state index contributed by atoms with van der Waals surface area (Å²) in [6.45, 7) is 3.47. The average Bonchev–Trinajstić information content (AvgIpc) is 2.89. The van der Waals surface area contributed by atoms with Gasteiger partial charge in [-0.1, -0.05) is 17.3 Å². The summed E-state index contributed by atoms with van der Waals surface area (Å²) in [6, 6.07) is 4.52. The first-order chi connectivity index (χ1) is 9.52. The van der Waals surface area contributed by atoms with Crippen molar-refractivity contribution in [2.45, 2.75) is 13.8 Å². The van der Waals surface area contributed by atoms with E-state index in [1.807, 2.05) is 0 Å². The molecule has 0 amide bonds. The molecule has 20 heavy (non-hydrogen) atoms. The van der Waals surface area contributed by atoms with Crippen LogP contribution in [0.1, 0.15) is 23.2 Å². The predicted octanol–water partition coefficient (Wildman–Crippen LogP) is 2.13. The lowest BCUT2D eigenvalue weighted by Crippen LogP contribution is -2.04. The lowest BCUT2D eigenvalue weighted by molar-refractivity contribution is -0.385. The number of esters is 1. The Balaban J connectivity index is 2.35. The highest BCUT2D eigenvalue weighted by atomic mass is 16.6. The molecular weight excluding hydrogens is 266 g/mol. The number of carbonyl (C=O) groups is 1. The molecule has 8 nitrogen and oxygen atoms in total. The van der Waals surface area contributed by atoms with Crippen molar-refractivity contribution in [1.29, 1.82) is 0 Å². The molecule has 2 aromatic rings. The van der Waals surface area contributed by atoms with Crippen molar-refractivity contribution < 1.29 is 19.0 Å². The van der Waals surface area contributed by atoms with Crippen molar-refractivity contribution in [3.05, 3.63) is 39.8 Å². The number of nitro benzene ring substituents is 1. The molecule has 0 aliphatic rings. The Bertz CT molecular complexity index is 665. The lowest BCUT2D eigenvalue weighted by Gasteiger charge is -1.98. The highest BCUT2D eigenvalue weighted by Crippen LogP contribution is 2.25. The number of benzene rings is 1. The fraction of sp³-hybridized carbons (Fsp3) is 0.250. The van der Waals surface area contributed by atoms with E-state index in [4.69, 9.17) is 9.26 Å². The summed E-state index contributed by atoms with van der Waals surface area (Å²) in [5.74, 6) is -0.922. The van der Waals surface area contributed by atoms with Gasteiger partial charge < -0.3 is 9.26 Å². The van der Waals surface area contributed by atoms with Crippen LogP contribution in [-0.2, 0) is 4.74 Å². The van der Waals surface area contributed by atoms with Crippen molar-refractivity contribution in [3.8, 4) is 11.4 Å². The molecule has 2 rings (SSSR count). The maximum atomic E-state index is 11.4.